The van der Waals surface area contributed by atoms with Gasteiger partial charge in [0.2, 0.25) is 11.8 Å². The van der Waals surface area contributed by atoms with Crippen molar-refractivity contribution in [2.45, 2.75) is 45.7 Å². The van der Waals surface area contributed by atoms with Crippen LogP contribution < -0.4 is 11.1 Å². The molecule has 1 atom stereocenters. The fourth-order valence-corrected chi connectivity index (χ4v) is 2.22. The van der Waals surface area contributed by atoms with Crippen molar-refractivity contribution in [1.82, 2.24) is 10.2 Å². The SMILES string of the molecule is CC(=O)N1CCC(NC(C(N)=O)C(C)C)CC1. The molecule has 0 bridgehead atoms. The van der Waals surface area contributed by atoms with Crippen LogP contribution in [-0.2, 0) is 9.59 Å². The first-order valence-corrected chi connectivity index (χ1v) is 6.22. The maximum Gasteiger partial charge on any atom is 0.234 e. The third-order valence-corrected chi connectivity index (χ3v) is 3.33. The zero-order valence-electron chi connectivity index (χ0n) is 10.9. The summed E-state index contributed by atoms with van der Waals surface area (Å²) >= 11 is 0. The Labute approximate surface area is 103 Å². The van der Waals surface area contributed by atoms with Gasteiger partial charge in [0.15, 0.2) is 0 Å². The van der Waals surface area contributed by atoms with Gasteiger partial charge in [0, 0.05) is 26.1 Å². The summed E-state index contributed by atoms with van der Waals surface area (Å²) in [7, 11) is 0. The second kappa shape index (κ2) is 6.00. The minimum Gasteiger partial charge on any atom is -0.368 e. The lowest BCUT2D eigenvalue weighted by molar-refractivity contribution is -0.130. The molecule has 0 aliphatic carbocycles. The second-order valence-corrected chi connectivity index (χ2v) is 5.07. The Hall–Kier alpha value is -1.10. The number of nitrogens with two attached hydrogens (primary N) is 1. The van der Waals surface area contributed by atoms with E-state index in [1.807, 2.05) is 18.7 Å². The van der Waals surface area contributed by atoms with Crippen LogP contribution in [-0.4, -0.2) is 41.9 Å². The molecule has 1 unspecified atom stereocenters. The second-order valence-electron chi connectivity index (χ2n) is 5.07. The number of carbonyl (C=O) groups excluding carboxylic acids is 2. The first-order chi connectivity index (χ1) is 7.91. The molecule has 1 aliphatic heterocycles. The minimum absolute atomic E-state index is 0.124. The molecule has 0 aromatic rings. The van der Waals surface area contributed by atoms with Crippen LogP contribution in [0.1, 0.15) is 33.6 Å². The van der Waals surface area contributed by atoms with Gasteiger partial charge >= 0.3 is 0 Å². The van der Waals surface area contributed by atoms with Crippen LogP contribution in [0, 0.1) is 5.92 Å². The van der Waals surface area contributed by atoms with Gasteiger partial charge in [-0.1, -0.05) is 13.8 Å². The van der Waals surface area contributed by atoms with E-state index in [4.69, 9.17) is 5.73 Å². The number of hydrogen-bond donors (Lipinski definition) is 2. The quantitative estimate of drug-likeness (QED) is 0.733. The lowest BCUT2D eigenvalue weighted by Gasteiger charge is -2.34. The summed E-state index contributed by atoms with van der Waals surface area (Å²) in [5.41, 5.74) is 5.36. The van der Waals surface area contributed by atoms with Crippen molar-refractivity contribution in [3.63, 3.8) is 0 Å². The predicted octanol–water partition coefficient (Wildman–Crippen LogP) is 0.0968. The molecule has 3 N–H and O–H groups in total. The molecule has 1 aliphatic rings. The Kier molecular flexibility index (Phi) is 4.93. The number of carbonyl (C=O) groups is 2. The van der Waals surface area contributed by atoms with Crippen molar-refractivity contribution in [3.8, 4) is 0 Å². The average molecular weight is 241 g/mol. The van der Waals surface area contributed by atoms with Gasteiger partial charge < -0.3 is 16.0 Å². The van der Waals surface area contributed by atoms with Crippen molar-refractivity contribution in [2.24, 2.45) is 11.7 Å². The molecule has 5 nitrogen and oxygen atoms in total. The van der Waals surface area contributed by atoms with Gasteiger partial charge in [-0.15, -0.1) is 0 Å². The third-order valence-electron chi connectivity index (χ3n) is 3.33. The van der Waals surface area contributed by atoms with E-state index < -0.39 is 0 Å². The number of nitrogens with one attached hydrogen (secondary N) is 1. The monoisotopic (exact) mass is 241 g/mol. The first kappa shape index (κ1) is 14.0. The van der Waals surface area contributed by atoms with E-state index in [2.05, 4.69) is 5.32 Å². The fraction of sp³-hybridized carbons (Fsp3) is 0.833. The molecule has 1 saturated heterocycles. The molecule has 0 spiro atoms. The summed E-state index contributed by atoms with van der Waals surface area (Å²) in [5, 5.41) is 3.30. The lowest BCUT2D eigenvalue weighted by atomic mass is 9.98. The number of piperidine rings is 1. The molecule has 98 valence electrons. The highest BCUT2D eigenvalue weighted by Gasteiger charge is 2.26. The average Bonchev–Trinajstić information content (AvgIpc) is 2.25. The van der Waals surface area contributed by atoms with Crippen molar-refractivity contribution in [2.75, 3.05) is 13.1 Å². The molecule has 0 saturated carbocycles. The van der Waals surface area contributed by atoms with Gasteiger partial charge in [0.05, 0.1) is 6.04 Å². The Morgan fingerprint density at radius 3 is 2.18 bits per heavy atom. The van der Waals surface area contributed by atoms with E-state index in [0.29, 0.717) is 0 Å². The molecule has 1 rings (SSSR count). The summed E-state index contributed by atoms with van der Waals surface area (Å²) in [6.07, 6.45) is 1.77. The zero-order chi connectivity index (χ0) is 13.0. The minimum atomic E-state index is -0.297. The Bertz CT molecular complexity index is 283. The van der Waals surface area contributed by atoms with E-state index in [-0.39, 0.29) is 29.8 Å². The molecular weight excluding hydrogens is 218 g/mol. The fourth-order valence-electron chi connectivity index (χ4n) is 2.22. The number of amides is 2. The van der Waals surface area contributed by atoms with Crippen molar-refractivity contribution < 1.29 is 9.59 Å². The van der Waals surface area contributed by atoms with Gasteiger partial charge in [0.1, 0.15) is 0 Å². The summed E-state index contributed by atoms with van der Waals surface area (Å²) in [4.78, 5) is 24.3. The van der Waals surface area contributed by atoms with E-state index in [0.717, 1.165) is 25.9 Å². The topological polar surface area (TPSA) is 75.4 Å². The van der Waals surface area contributed by atoms with Crippen molar-refractivity contribution in [3.05, 3.63) is 0 Å². The smallest absolute Gasteiger partial charge is 0.234 e. The van der Waals surface area contributed by atoms with Crippen LogP contribution in [0.5, 0.6) is 0 Å². The highest BCUT2D eigenvalue weighted by atomic mass is 16.2. The van der Waals surface area contributed by atoms with Gasteiger partial charge in [-0.2, -0.15) is 0 Å². The van der Waals surface area contributed by atoms with Gasteiger partial charge in [-0.3, -0.25) is 9.59 Å². The largest absolute Gasteiger partial charge is 0.368 e. The lowest BCUT2D eigenvalue weighted by Crippen LogP contribution is -2.53. The molecule has 17 heavy (non-hydrogen) atoms. The molecule has 0 aromatic heterocycles. The molecule has 1 fully saturated rings. The van der Waals surface area contributed by atoms with Crippen LogP contribution in [0.2, 0.25) is 0 Å². The molecular formula is C12H23N3O2. The van der Waals surface area contributed by atoms with Crippen molar-refractivity contribution >= 4 is 11.8 Å². The standard InChI is InChI=1S/C12H23N3O2/c1-8(2)11(12(13)17)14-10-4-6-15(7-5-10)9(3)16/h8,10-11,14H,4-7H2,1-3H3,(H2,13,17). The number of nitrogens with zero attached hydrogens (tertiary/aromatic N) is 1. The molecule has 0 radical (unpaired) electrons. The van der Waals surface area contributed by atoms with Gasteiger partial charge in [-0.25, -0.2) is 0 Å². The van der Waals surface area contributed by atoms with Gasteiger partial charge in [-0.05, 0) is 18.8 Å². The zero-order valence-corrected chi connectivity index (χ0v) is 10.9. The molecule has 0 aromatic carbocycles. The van der Waals surface area contributed by atoms with Crippen LogP contribution in [0.3, 0.4) is 0 Å². The number of likely N-dealkylation sites (tertiary alicyclic amines) is 1. The Balaban J connectivity index is 2.44. The molecule has 2 amide bonds. The highest BCUT2D eigenvalue weighted by Crippen LogP contribution is 2.13. The van der Waals surface area contributed by atoms with E-state index in [1.54, 1.807) is 6.92 Å². The van der Waals surface area contributed by atoms with Crippen molar-refractivity contribution in [1.29, 1.82) is 0 Å². The Morgan fingerprint density at radius 2 is 1.82 bits per heavy atom. The van der Waals surface area contributed by atoms with Crippen LogP contribution in [0.15, 0.2) is 0 Å². The Morgan fingerprint density at radius 1 is 1.29 bits per heavy atom. The summed E-state index contributed by atoms with van der Waals surface area (Å²) in [6.45, 7) is 7.07. The summed E-state index contributed by atoms with van der Waals surface area (Å²) < 4.78 is 0. The number of rotatable bonds is 4. The third kappa shape index (κ3) is 4.00. The van der Waals surface area contributed by atoms with E-state index >= 15 is 0 Å². The van der Waals surface area contributed by atoms with E-state index in [1.165, 1.54) is 0 Å². The number of primary amides is 1. The number of hydrogen-bond acceptors (Lipinski definition) is 3. The van der Waals surface area contributed by atoms with Crippen LogP contribution in [0.25, 0.3) is 0 Å². The maximum atomic E-state index is 11.3. The molecule has 5 heteroatoms. The first-order valence-electron chi connectivity index (χ1n) is 6.22. The summed E-state index contributed by atoms with van der Waals surface area (Å²) in [5.74, 6) is 0.0195. The normalized spacial score (nSPS) is 19.4. The van der Waals surface area contributed by atoms with E-state index in [9.17, 15) is 9.59 Å². The molecule has 1 heterocycles. The summed E-state index contributed by atoms with van der Waals surface area (Å²) in [6, 6.07) is 0.00868. The maximum absolute atomic E-state index is 11.3. The highest BCUT2D eigenvalue weighted by molar-refractivity contribution is 5.80. The van der Waals surface area contributed by atoms with Gasteiger partial charge in [0.25, 0.3) is 0 Å². The predicted molar refractivity (Wildman–Crippen MR) is 66.2 cm³/mol. The van der Waals surface area contributed by atoms with Crippen LogP contribution >= 0.6 is 0 Å². The van der Waals surface area contributed by atoms with Crippen LogP contribution in [0.4, 0.5) is 0 Å².